The van der Waals surface area contributed by atoms with Crippen LogP contribution in [0.4, 0.5) is 5.69 Å². The molecule has 1 aromatic carbocycles. The molecular formula is C12H13NO2S. The number of nitrogens with two attached hydrogens (primary N) is 1. The molecule has 3 nitrogen and oxygen atoms in total. The number of hydrogen-bond donors (Lipinski definition) is 1. The molecule has 1 rings (SSSR count). The molecule has 1 aromatic rings. The molecule has 0 bridgehead atoms. The molecule has 16 heavy (non-hydrogen) atoms. The summed E-state index contributed by atoms with van der Waals surface area (Å²) in [6.07, 6.45) is 0. The van der Waals surface area contributed by atoms with Crippen LogP contribution < -0.4 is 10.5 Å². The second kappa shape index (κ2) is 6.09. The van der Waals surface area contributed by atoms with Gasteiger partial charge in [0.1, 0.15) is 5.75 Å². The van der Waals surface area contributed by atoms with E-state index in [1.807, 2.05) is 6.07 Å². The van der Waals surface area contributed by atoms with Crippen molar-refractivity contribution in [1.82, 2.24) is 0 Å². The molecule has 2 N–H and O–H groups in total. The lowest BCUT2D eigenvalue weighted by Crippen LogP contribution is -1.90. The number of anilines is 1. The lowest BCUT2D eigenvalue weighted by atomic mass is 10.2. The highest BCUT2D eigenvalue weighted by molar-refractivity contribution is 8.13. The summed E-state index contributed by atoms with van der Waals surface area (Å²) in [7, 11) is 1.58. The molecule has 84 valence electrons. The number of methoxy groups -OCH3 is 1. The largest absolute Gasteiger partial charge is 0.497 e. The first-order chi connectivity index (χ1) is 7.61. The summed E-state index contributed by atoms with van der Waals surface area (Å²) in [5.41, 5.74) is 7.09. The molecule has 0 saturated heterocycles. The Balaban J connectivity index is 2.72. The van der Waals surface area contributed by atoms with Crippen molar-refractivity contribution >= 4 is 22.6 Å². The summed E-state index contributed by atoms with van der Waals surface area (Å²) < 4.78 is 5.07. The van der Waals surface area contributed by atoms with E-state index in [2.05, 4.69) is 11.8 Å². The predicted octanol–water partition coefficient (Wildman–Crippen LogP) is 1.91. The molecule has 0 atom stereocenters. The van der Waals surface area contributed by atoms with E-state index in [4.69, 9.17) is 10.5 Å². The van der Waals surface area contributed by atoms with E-state index in [9.17, 15) is 4.79 Å². The second-order valence-corrected chi connectivity index (χ2v) is 4.23. The minimum atomic E-state index is 0.0689. The number of carbonyl (C=O) groups excluding carboxylic acids is 1. The van der Waals surface area contributed by atoms with Gasteiger partial charge in [0, 0.05) is 24.2 Å². The van der Waals surface area contributed by atoms with Crippen LogP contribution in [0.5, 0.6) is 5.75 Å². The van der Waals surface area contributed by atoms with Crippen LogP contribution in [0.1, 0.15) is 12.5 Å². The minimum absolute atomic E-state index is 0.0689. The summed E-state index contributed by atoms with van der Waals surface area (Å²) in [5.74, 6) is 7.00. The number of rotatable bonds is 2. The standard InChI is InChI=1S/C12H13NO2S/c1-9(14)16-5-3-4-10-6-11(13)8-12(7-10)15-2/h6-8H,5,13H2,1-2H3. The van der Waals surface area contributed by atoms with Gasteiger partial charge in [-0.3, -0.25) is 4.79 Å². The maximum absolute atomic E-state index is 10.7. The maximum atomic E-state index is 10.7. The molecule has 0 fully saturated rings. The molecule has 0 unspecified atom stereocenters. The Morgan fingerprint density at radius 1 is 1.50 bits per heavy atom. The van der Waals surface area contributed by atoms with Gasteiger partial charge in [0.05, 0.1) is 12.9 Å². The molecule has 0 spiro atoms. The fraction of sp³-hybridized carbons (Fsp3) is 0.250. The summed E-state index contributed by atoms with van der Waals surface area (Å²) in [6, 6.07) is 5.31. The fourth-order valence-electron chi connectivity index (χ4n) is 1.09. The first-order valence-corrected chi connectivity index (χ1v) is 5.67. The van der Waals surface area contributed by atoms with Crippen molar-refractivity contribution in [1.29, 1.82) is 0 Å². The quantitative estimate of drug-likeness (QED) is 0.628. The van der Waals surface area contributed by atoms with Gasteiger partial charge in [0.15, 0.2) is 5.12 Å². The lowest BCUT2D eigenvalue weighted by Gasteiger charge is -2.01. The number of thioether (sulfide) groups is 1. The van der Waals surface area contributed by atoms with E-state index >= 15 is 0 Å². The van der Waals surface area contributed by atoms with Crippen molar-refractivity contribution in [2.45, 2.75) is 6.92 Å². The number of hydrogen-bond acceptors (Lipinski definition) is 4. The molecule has 0 saturated carbocycles. The Morgan fingerprint density at radius 2 is 2.25 bits per heavy atom. The fourth-order valence-corrected chi connectivity index (χ4v) is 1.44. The highest BCUT2D eigenvalue weighted by atomic mass is 32.2. The van der Waals surface area contributed by atoms with Gasteiger partial charge in [-0.2, -0.15) is 0 Å². The minimum Gasteiger partial charge on any atom is -0.497 e. The third kappa shape index (κ3) is 4.28. The van der Waals surface area contributed by atoms with Crippen molar-refractivity contribution in [3.63, 3.8) is 0 Å². The number of nitrogen functional groups attached to an aromatic ring is 1. The van der Waals surface area contributed by atoms with Gasteiger partial charge in [-0.05, 0) is 12.1 Å². The van der Waals surface area contributed by atoms with E-state index in [0.717, 1.165) is 5.56 Å². The van der Waals surface area contributed by atoms with Crippen LogP contribution in [0.2, 0.25) is 0 Å². The Labute approximate surface area is 99.4 Å². The van der Waals surface area contributed by atoms with Crippen LogP contribution in [-0.2, 0) is 4.79 Å². The van der Waals surface area contributed by atoms with E-state index in [0.29, 0.717) is 17.2 Å². The summed E-state index contributed by atoms with van der Waals surface area (Å²) in [4.78, 5) is 10.7. The third-order valence-corrected chi connectivity index (χ3v) is 2.44. The molecule has 0 amide bonds. The van der Waals surface area contributed by atoms with Crippen LogP contribution in [0.15, 0.2) is 18.2 Å². The van der Waals surface area contributed by atoms with Crippen LogP contribution in [0.3, 0.4) is 0 Å². The van der Waals surface area contributed by atoms with Crippen LogP contribution >= 0.6 is 11.8 Å². The van der Waals surface area contributed by atoms with Gasteiger partial charge in [-0.15, -0.1) is 0 Å². The summed E-state index contributed by atoms with van der Waals surface area (Å²) in [6.45, 7) is 1.52. The van der Waals surface area contributed by atoms with Crippen LogP contribution in [0.25, 0.3) is 0 Å². The van der Waals surface area contributed by atoms with E-state index < -0.39 is 0 Å². The number of benzene rings is 1. The van der Waals surface area contributed by atoms with Gasteiger partial charge in [-0.25, -0.2) is 0 Å². The van der Waals surface area contributed by atoms with E-state index in [-0.39, 0.29) is 5.12 Å². The normalized spacial score (nSPS) is 9.12. The summed E-state index contributed by atoms with van der Waals surface area (Å²) >= 11 is 1.19. The van der Waals surface area contributed by atoms with Crippen molar-refractivity contribution in [2.24, 2.45) is 0 Å². The van der Waals surface area contributed by atoms with E-state index in [1.54, 1.807) is 19.2 Å². The van der Waals surface area contributed by atoms with Crippen LogP contribution in [-0.4, -0.2) is 18.0 Å². The molecular weight excluding hydrogens is 222 g/mol. The highest BCUT2D eigenvalue weighted by Gasteiger charge is 1.96. The summed E-state index contributed by atoms with van der Waals surface area (Å²) in [5, 5.41) is 0.0689. The zero-order chi connectivity index (χ0) is 12.0. The second-order valence-electron chi connectivity index (χ2n) is 3.08. The Hall–Kier alpha value is -1.60. The monoisotopic (exact) mass is 235 g/mol. The van der Waals surface area contributed by atoms with Crippen LogP contribution in [0, 0.1) is 11.8 Å². The zero-order valence-corrected chi connectivity index (χ0v) is 10.1. The van der Waals surface area contributed by atoms with Crippen molar-refractivity contribution in [3.8, 4) is 17.6 Å². The molecule has 0 aliphatic heterocycles. The molecule has 0 aliphatic rings. The first-order valence-electron chi connectivity index (χ1n) is 4.68. The average Bonchev–Trinajstić information content (AvgIpc) is 2.23. The van der Waals surface area contributed by atoms with Gasteiger partial charge < -0.3 is 10.5 Å². The van der Waals surface area contributed by atoms with Gasteiger partial charge >= 0.3 is 0 Å². The molecule has 4 heteroatoms. The van der Waals surface area contributed by atoms with Crippen molar-refractivity contribution in [3.05, 3.63) is 23.8 Å². The molecule has 0 aliphatic carbocycles. The maximum Gasteiger partial charge on any atom is 0.186 e. The van der Waals surface area contributed by atoms with Gasteiger partial charge in [-0.1, -0.05) is 23.6 Å². The highest BCUT2D eigenvalue weighted by Crippen LogP contribution is 2.17. The topological polar surface area (TPSA) is 52.3 Å². The van der Waals surface area contributed by atoms with Crippen molar-refractivity contribution in [2.75, 3.05) is 18.6 Å². The molecule has 0 aromatic heterocycles. The Kier molecular flexibility index (Phi) is 4.74. The molecule has 0 heterocycles. The Morgan fingerprint density at radius 3 is 2.88 bits per heavy atom. The molecule has 0 radical (unpaired) electrons. The van der Waals surface area contributed by atoms with Gasteiger partial charge in [0.2, 0.25) is 0 Å². The average molecular weight is 235 g/mol. The smallest absolute Gasteiger partial charge is 0.186 e. The number of ether oxygens (including phenoxy) is 1. The Bertz CT molecular complexity index is 446. The third-order valence-electron chi connectivity index (χ3n) is 1.74. The lowest BCUT2D eigenvalue weighted by molar-refractivity contribution is -0.109. The van der Waals surface area contributed by atoms with Crippen molar-refractivity contribution < 1.29 is 9.53 Å². The number of carbonyl (C=O) groups is 1. The SMILES string of the molecule is COc1cc(N)cc(C#CCSC(C)=O)c1. The zero-order valence-electron chi connectivity index (χ0n) is 9.24. The van der Waals surface area contributed by atoms with Gasteiger partial charge in [0.25, 0.3) is 0 Å². The predicted molar refractivity (Wildman–Crippen MR) is 67.4 cm³/mol. The van der Waals surface area contributed by atoms with E-state index in [1.165, 1.54) is 18.7 Å². The first kappa shape index (κ1) is 12.5.